The smallest absolute Gasteiger partial charge is 0.309 e. The molecule has 5 aliphatic rings. The van der Waals surface area contributed by atoms with E-state index in [2.05, 4.69) is 48.1 Å². The second-order valence-electron chi connectivity index (χ2n) is 17.6. The molecule has 5 fully saturated rings. The SMILES string of the molecule is C=C(C)[C@@H]1CC[C@]2(CC=O)CC[C@]3(C)[C@H](CC[C@@H]4[C@@]5(C)CC[C@H](OC(=O)CC(C)(C)C(=O)O)C(C)(C)[C@@H]5CC[C@]43C)[C@@H]12. The van der Waals surface area contributed by atoms with Gasteiger partial charge in [0.25, 0.3) is 0 Å². The number of esters is 1. The minimum atomic E-state index is -1.13. The Morgan fingerprint density at radius 1 is 0.905 bits per heavy atom. The van der Waals surface area contributed by atoms with Crippen LogP contribution >= 0.6 is 0 Å². The third-order valence-corrected chi connectivity index (χ3v) is 15.1. The lowest BCUT2D eigenvalue weighted by molar-refractivity contribution is -0.250. The maximum Gasteiger partial charge on any atom is 0.309 e. The van der Waals surface area contributed by atoms with Crippen molar-refractivity contribution in [2.45, 2.75) is 139 Å². The van der Waals surface area contributed by atoms with Gasteiger partial charge in [-0.2, -0.15) is 0 Å². The summed E-state index contributed by atoms with van der Waals surface area (Å²) in [4.78, 5) is 36.6. The molecular formula is C37H58O5. The van der Waals surface area contributed by atoms with Gasteiger partial charge in [0.15, 0.2) is 0 Å². The van der Waals surface area contributed by atoms with Crippen LogP contribution in [0.2, 0.25) is 0 Å². The van der Waals surface area contributed by atoms with Crippen molar-refractivity contribution in [3.05, 3.63) is 12.2 Å². The zero-order valence-corrected chi connectivity index (χ0v) is 27.8. The summed E-state index contributed by atoms with van der Waals surface area (Å²) in [5.41, 5.74) is 0.847. The standard InChI is InChI=1S/C37H58O5/c1-23(2)24-12-17-37(20-21-38)19-18-35(8)25(30(24)37)10-11-27-34(7)15-14-28(42-29(39)22-32(3,4)31(40)41)33(5,6)26(34)13-16-36(27,35)9/h21,24-28,30H,1,10-20,22H2,2-9H3,(H,40,41)/t24-,25+,26-,27+,28-,30+,34-,35+,36+,37+/m0/s1. The molecule has 5 aliphatic carbocycles. The van der Waals surface area contributed by atoms with Crippen molar-refractivity contribution in [1.29, 1.82) is 0 Å². The van der Waals surface area contributed by atoms with Crippen LogP contribution in [-0.2, 0) is 19.1 Å². The first-order chi connectivity index (χ1) is 19.4. The number of carbonyl (C=O) groups excluding carboxylic acids is 2. The monoisotopic (exact) mass is 582 g/mol. The minimum Gasteiger partial charge on any atom is -0.481 e. The van der Waals surface area contributed by atoms with Crippen molar-refractivity contribution in [2.75, 3.05) is 0 Å². The Hall–Kier alpha value is -1.65. The number of aliphatic carboxylic acids is 1. The van der Waals surface area contributed by atoms with E-state index in [1.807, 2.05) is 0 Å². The van der Waals surface area contributed by atoms with Gasteiger partial charge in [0.2, 0.25) is 0 Å². The quantitative estimate of drug-likeness (QED) is 0.185. The first-order valence-electron chi connectivity index (χ1n) is 16.9. The number of hydrogen-bond acceptors (Lipinski definition) is 4. The van der Waals surface area contributed by atoms with E-state index in [1.165, 1.54) is 56.8 Å². The summed E-state index contributed by atoms with van der Waals surface area (Å²) < 4.78 is 6.13. The van der Waals surface area contributed by atoms with Gasteiger partial charge in [-0.15, -0.1) is 0 Å². The molecule has 0 spiro atoms. The van der Waals surface area contributed by atoms with Gasteiger partial charge in [0, 0.05) is 11.8 Å². The van der Waals surface area contributed by atoms with E-state index in [-0.39, 0.29) is 45.6 Å². The van der Waals surface area contributed by atoms with Crippen LogP contribution in [-0.4, -0.2) is 29.4 Å². The molecule has 1 N–H and O–H groups in total. The molecule has 0 bridgehead atoms. The summed E-state index contributed by atoms with van der Waals surface area (Å²) >= 11 is 0. The van der Waals surface area contributed by atoms with Gasteiger partial charge in [0.1, 0.15) is 12.4 Å². The molecule has 10 atom stereocenters. The molecule has 0 radical (unpaired) electrons. The van der Waals surface area contributed by atoms with E-state index in [9.17, 15) is 19.5 Å². The van der Waals surface area contributed by atoms with Gasteiger partial charge in [0.05, 0.1) is 11.8 Å². The van der Waals surface area contributed by atoms with Crippen molar-refractivity contribution < 1.29 is 24.2 Å². The summed E-state index contributed by atoms with van der Waals surface area (Å²) in [6, 6.07) is 0. The van der Waals surface area contributed by atoms with Gasteiger partial charge in [-0.1, -0.05) is 46.8 Å². The summed E-state index contributed by atoms with van der Waals surface area (Å²) in [6.45, 7) is 22.3. The highest BCUT2D eigenvalue weighted by Crippen LogP contribution is 2.77. The van der Waals surface area contributed by atoms with Gasteiger partial charge < -0.3 is 14.6 Å². The largest absolute Gasteiger partial charge is 0.481 e. The Morgan fingerprint density at radius 2 is 1.60 bits per heavy atom. The van der Waals surface area contributed by atoms with Crippen LogP contribution in [0.15, 0.2) is 12.2 Å². The highest BCUT2D eigenvalue weighted by molar-refractivity contribution is 5.81. The average Bonchev–Trinajstić information content (AvgIpc) is 3.26. The number of carboxylic acid groups (broad SMARTS) is 1. The molecule has 0 aromatic rings. The van der Waals surface area contributed by atoms with Gasteiger partial charge in [-0.05, 0) is 136 Å². The molecule has 42 heavy (non-hydrogen) atoms. The van der Waals surface area contributed by atoms with Crippen LogP contribution < -0.4 is 0 Å². The first-order valence-corrected chi connectivity index (χ1v) is 16.9. The van der Waals surface area contributed by atoms with Crippen molar-refractivity contribution in [3.8, 4) is 0 Å². The Labute approximate surface area is 255 Å². The summed E-state index contributed by atoms with van der Waals surface area (Å²) in [6.07, 6.45) is 13.1. The number of allylic oxidation sites excluding steroid dienone is 1. The van der Waals surface area contributed by atoms with E-state index in [0.29, 0.717) is 36.0 Å². The van der Waals surface area contributed by atoms with Crippen molar-refractivity contribution in [1.82, 2.24) is 0 Å². The van der Waals surface area contributed by atoms with Gasteiger partial charge >= 0.3 is 11.9 Å². The number of rotatable bonds is 7. The maximum atomic E-state index is 13.0. The molecule has 0 aliphatic heterocycles. The van der Waals surface area contributed by atoms with E-state index < -0.39 is 11.4 Å². The molecule has 0 saturated heterocycles. The fraction of sp³-hybridized carbons (Fsp3) is 0.865. The average molecular weight is 583 g/mol. The van der Waals surface area contributed by atoms with Crippen molar-refractivity contribution >= 4 is 18.2 Å². The fourth-order valence-corrected chi connectivity index (χ4v) is 12.6. The third kappa shape index (κ3) is 4.39. The number of carbonyl (C=O) groups is 3. The van der Waals surface area contributed by atoms with Crippen LogP contribution in [0, 0.1) is 62.1 Å². The number of aldehydes is 1. The lowest BCUT2D eigenvalue weighted by Gasteiger charge is -2.73. The summed E-state index contributed by atoms with van der Waals surface area (Å²) in [5.74, 6) is 1.47. The zero-order valence-electron chi connectivity index (χ0n) is 27.8. The molecule has 0 aromatic heterocycles. The van der Waals surface area contributed by atoms with Crippen molar-refractivity contribution in [3.63, 3.8) is 0 Å². The molecule has 0 heterocycles. The summed E-state index contributed by atoms with van der Waals surface area (Å²) in [7, 11) is 0. The van der Waals surface area contributed by atoms with Crippen LogP contribution in [0.4, 0.5) is 0 Å². The number of carboxylic acids is 1. The minimum absolute atomic E-state index is 0.102. The molecule has 5 saturated carbocycles. The van der Waals surface area contributed by atoms with Crippen LogP contribution in [0.5, 0.6) is 0 Å². The number of hydrogen-bond donors (Lipinski definition) is 1. The lowest BCUT2D eigenvalue weighted by Crippen LogP contribution is -2.66. The van der Waals surface area contributed by atoms with Gasteiger partial charge in [-0.3, -0.25) is 9.59 Å². The van der Waals surface area contributed by atoms with Gasteiger partial charge in [-0.25, -0.2) is 0 Å². The molecule has 236 valence electrons. The Bertz CT molecular complexity index is 1140. The second kappa shape index (κ2) is 10.2. The molecule has 0 unspecified atom stereocenters. The topological polar surface area (TPSA) is 80.7 Å². The lowest BCUT2D eigenvalue weighted by atomic mass is 9.32. The molecule has 0 amide bonds. The Morgan fingerprint density at radius 3 is 2.21 bits per heavy atom. The molecule has 5 rings (SSSR count). The molecule has 5 nitrogen and oxygen atoms in total. The fourth-order valence-electron chi connectivity index (χ4n) is 12.6. The predicted octanol–water partition coefficient (Wildman–Crippen LogP) is 8.65. The summed E-state index contributed by atoms with van der Waals surface area (Å²) in [5, 5.41) is 9.53. The van der Waals surface area contributed by atoms with Crippen LogP contribution in [0.3, 0.4) is 0 Å². The first kappa shape index (κ1) is 31.8. The van der Waals surface area contributed by atoms with E-state index >= 15 is 0 Å². The Balaban J connectivity index is 1.41. The highest BCUT2D eigenvalue weighted by Gasteiger charge is 2.71. The predicted molar refractivity (Wildman–Crippen MR) is 166 cm³/mol. The maximum absolute atomic E-state index is 13.0. The zero-order chi connectivity index (χ0) is 31.1. The normalized spacial score (nSPS) is 45.9. The molecule has 0 aromatic carbocycles. The number of ether oxygens (including phenoxy) is 1. The molecule has 5 heteroatoms. The second-order valence-corrected chi connectivity index (χ2v) is 17.6. The Kier molecular flexibility index (Phi) is 7.71. The van der Waals surface area contributed by atoms with Crippen molar-refractivity contribution in [2.24, 2.45) is 62.1 Å². The number of fused-ring (bicyclic) bond motifs is 7. The van der Waals surface area contributed by atoms with E-state index in [4.69, 9.17) is 4.74 Å². The van der Waals surface area contributed by atoms with Crippen LogP contribution in [0.1, 0.15) is 132 Å². The third-order valence-electron chi connectivity index (χ3n) is 15.1. The highest BCUT2D eigenvalue weighted by atomic mass is 16.5. The molecular weight excluding hydrogens is 524 g/mol. The van der Waals surface area contributed by atoms with Crippen LogP contribution in [0.25, 0.3) is 0 Å². The van der Waals surface area contributed by atoms with E-state index in [0.717, 1.165) is 19.3 Å². The van der Waals surface area contributed by atoms with E-state index in [1.54, 1.807) is 13.8 Å².